The molecule has 230 valence electrons. The van der Waals surface area contributed by atoms with Gasteiger partial charge >= 0.3 is 0 Å². The highest BCUT2D eigenvalue weighted by molar-refractivity contribution is 7.92. The Morgan fingerprint density at radius 3 is 2.21 bits per heavy atom. The quantitative estimate of drug-likeness (QED) is 0.239. The number of hydrogen-bond donors (Lipinski definition) is 1. The van der Waals surface area contributed by atoms with Gasteiger partial charge in [-0.3, -0.25) is 24.0 Å². The number of nitrogens with zero attached hydrogens (tertiary/aromatic N) is 3. The van der Waals surface area contributed by atoms with Crippen LogP contribution in [0.1, 0.15) is 37.5 Å². The number of carbonyl (C=O) groups excluding carboxylic acids is 2. The molecule has 2 amide bonds. The van der Waals surface area contributed by atoms with Crippen molar-refractivity contribution in [2.24, 2.45) is 0 Å². The molecule has 0 aromatic heterocycles. The van der Waals surface area contributed by atoms with E-state index in [1.165, 1.54) is 24.1 Å². The lowest BCUT2D eigenvalue weighted by atomic mass is 10.0. The van der Waals surface area contributed by atoms with Gasteiger partial charge in [0.25, 0.3) is 5.69 Å². The number of sulfonamides is 1. The highest BCUT2D eigenvalue weighted by Crippen LogP contribution is 2.34. The molecule has 0 aliphatic carbocycles. The summed E-state index contributed by atoms with van der Waals surface area (Å²) in [6.07, 6.45) is 1.07. The Kier molecular flexibility index (Phi) is 10.5. The minimum absolute atomic E-state index is 0.0131. The molecule has 0 fully saturated rings. The number of rotatable bonds is 12. The summed E-state index contributed by atoms with van der Waals surface area (Å²) in [4.78, 5) is 40.3. The molecule has 0 saturated heterocycles. The molecule has 0 saturated carbocycles. The summed E-state index contributed by atoms with van der Waals surface area (Å²) in [6, 6.07) is 19.2. The average molecular weight is 611 g/mol. The van der Waals surface area contributed by atoms with Gasteiger partial charge < -0.3 is 15.0 Å². The zero-order chi connectivity index (χ0) is 31.9. The van der Waals surface area contributed by atoms with Crippen molar-refractivity contribution in [2.45, 2.75) is 52.2 Å². The second kappa shape index (κ2) is 13.7. The molecule has 3 aromatic carbocycles. The van der Waals surface area contributed by atoms with Crippen molar-refractivity contribution in [1.29, 1.82) is 0 Å². The number of carbonyl (C=O) groups is 2. The van der Waals surface area contributed by atoms with Crippen molar-refractivity contribution in [1.82, 2.24) is 10.2 Å². The summed E-state index contributed by atoms with van der Waals surface area (Å²) < 4.78 is 32.2. The summed E-state index contributed by atoms with van der Waals surface area (Å²) in [5.41, 5.74) is 1.34. The van der Waals surface area contributed by atoms with Crippen molar-refractivity contribution in [2.75, 3.05) is 24.2 Å². The topological polar surface area (TPSA) is 139 Å². The second-order valence-corrected chi connectivity index (χ2v) is 13.2. The lowest BCUT2D eigenvalue weighted by Crippen LogP contribution is -2.56. The van der Waals surface area contributed by atoms with Gasteiger partial charge in [-0.05, 0) is 44.9 Å². The van der Waals surface area contributed by atoms with E-state index in [0.29, 0.717) is 0 Å². The molecule has 0 aliphatic heterocycles. The van der Waals surface area contributed by atoms with E-state index in [2.05, 4.69) is 5.32 Å². The second-order valence-electron chi connectivity index (χ2n) is 11.3. The minimum atomic E-state index is -4.15. The number of nitro benzene ring substituents is 1. The maximum atomic E-state index is 14.2. The van der Waals surface area contributed by atoms with Gasteiger partial charge in [0, 0.05) is 30.6 Å². The third-order valence-electron chi connectivity index (χ3n) is 6.53. The van der Waals surface area contributed by atoms with Crippen LogP contribution in [-0.2, 0) is 32.6 Å². The number of hydrogen-bond acceptors (Lipinski definition) is 7. The number of ether oxygens (including phenoxy) is 1. The average Bonchev–Trinajstić information content (AvgIpc) is 2.92. The Morgan fingerprint density at radius 2 is 1.65 bits per heavy atom. The molecule has 1 atom stereocenters. The van der Waals surface area contributed by atoms with Crippen molar-refractivity contribution < 1.29 is 27.7 Å². The van der Waals surface area contributed by atoms with Gasteiger partial charge in [-0.1, -0.05) is 60.2 Å². The molecule has 1 N–H and O–H groups in total. The molecule has 0 aliphatic rings. The molecule has 3 rings (SSSR count). The van der Waals surface area contributed by atoms with Crippen LogP contribution in [-0.4, -0.2) is 61.5 Å². The van der Waals surface area contributed by atoms with Gasteiger partial charge in [-0.15, -0.1) is 0 Å². The summed E-state index contributed by atoms with van der Waals surface area (Å²) in [5.74, 6) is -1.05. The van der Waals surface area contributed by atoms with Crippen LogP contribution in [0.4, 0.5) is 11.4 Å². The zero-order valence-corrected chi connectivity index (χ0v) is 26.1. The first-order chi connectivity index (χ1) is 20.1. The summed E-state index contributed by atoms with van der Waals surface area (Å²) in [5, 5.41) is 14.5. The van der Waals surface area contributed by atoms with E-state index in [0.717, 1.165) is 33.3 Å². The van der Waals surface area contributed by atoms with Crippen LogP contribution in [0.3, 0.4) is 0 Å². The monoisotopic (exact) mass is 610 g/mol. The van der Waals surface area contributed by atoms with Crippen LogP contribution in [0, 0.1) is 17.0 Å². The van der Waals surface area contributed by atoms with Gasteiger partial charge in [0.05, 0.1) is 18.3 Å². The van der Waals surface area contributed by atoms with Gasteiger partial charge in [0.1, 0.15) is 24.0 Å². The molecular formula is C31H38N4O7S. The van der Waals surface area contributed by atoms with Crippen LogP contribution in [0.5, 0.6) is 5.75 Å². The molecule has 0 unspecified atom stereocenters. The number of nitro groups is 1. The van der Waals surface area contributed by atoms with E-state index in [1.54, 1.807) is 0 Å². The normalized spacial score (nSPS) is 12.2. The number of aryl methyl sites for hydroxylation is 1. The largest absolute Gasteiger partial charge is 0.495 e. The lowest BCUT2D eigenvalue weighted by Gasteiger charge is -2.35. The summed E-state index contributed by atoms with van der Waals surface area (Å²) in [7, 11) is -2.86. The van der Waals surface area contributed by atoms with E-state index in [4.69, 9.17) is 4.74 Å². The Balaban J connectivity index is 2.15. The Bertz CT molecular complexity index is 1570. The molecule has 0 bridgehead atoms. The highest BCUT2D eigenvalue weighted by Gasteiger charge is 2.35. The number of benzene rings is 3. The summed E-state index contributed by atoms with van der Waals surface area (Å²) >= 11 is 0. The molecule has 3 aromatic rings. The van der Waals surface area contributed by atoms with Gasteiger partial charge in [-0.2, -0.15) is 0 Å². The fourth-order valence-corrected chi connectivity index (χ4v) is 5.44. The maximum absolute atomic E-state index is 14.2. The van der Waals surface area contributed by atoms with Crippen LogP contribution in [0.25, 0.3) is 0 Å². The van der Waals surface area contributed by atoms with E-state index in [-0.39, 0.29) is 30.1 Å². The first-order valence-electron chi connectivity index (χ1n) is 13.6. The van der Waals surface area contributed by atoms with Crippen LogP contribution in [0.2, 0.25) is 0 Å². The van der Waals surface area contributed by atoms with Crippen LogP contribution in [0.15, 0.2) is 72.8 Å². The summed E-state index contributed by atoms with van der Waals surface area (Å²) in [6.45, 7) is 6.68. The first-order valence-corrected chi connectivity index (χ1v) is 15.4. The van der Waals surface area contributed by atoms with E-state index < -0.39 is 44.9 Å². The van der Waals surface area contributed by atoms with Crippen molar-refractivity contribution in [3.63, 3.8) is 0 Å². The molecule has 11 nitrogen and oxygen atoms in total. The lowest BCUT2D eigenvalue weighted by molar-refractivity contribution is -0.384. The third kappa shape index (κ3) is 9.27. The SMILES string of the molecule is COc1ccc([N+](=O)[O-])cc1N(CC(=O)N(Cc1cccc(C)c1)[C@@H](Cc1ccccc1)C(=O)NC(C)(C)C)S(C)(=O)=O. The van der Waals surface area contributed by atoms with E-state index in [9.17, 15) is 28.1 Å². The Morgan fingerprint density at radius 1 is 1.00 bits per heavy atom. The highest BCUT2D eigenvalue weighted by atomic mass is 32.2. The molecule has 0 spiro atoms. The zero-order valence-electron chi connectivity index (χ0n) is 25.2. The smallest absolute Gasteiger partial charge is 0.271 e. The molecule has 0 heterocycles. The van der Waals surface area contributed by atoms with Crippen LogP contribution >= 0.6 is 0 Å². The predicted molar refractivity (Wildman–Crippen MR) is 165 cm³/mol. The van der Waals surface area contributed by atoms with Crippen molar-refractivity contribution in [3.8, 4) is 5.75 Å². The minimum Gasteiger partial charge on any atom is -0.495 e. The van der Waals surface area contributed by atoms with E-state index >= 15 is 0 Å². The first kappa shape index (κ1) is 33.1. The Labute approximate surface area is 252 Å². The van der Waals surface area contributed by atoms with Crippen molar-refractivity contribution in [3.05, 3.63) is 99.6 Å². The Hall–Kier alpha value is -4.45. The van der Waals surface area contributed by atoms with E-state index in [1.807, 2.05) is 82.3 Å². The fraction of sp³-hybridized carbons (Fsp3) is 0.355. The number of anilines is 1. The predicted octanol–water partition coefficient (Wildman–Crippen LogP) is 4.23. The third-order valence-corrected chi connectivity index (χ3v) is 7.65. The number of methoxy groups -OCH3 is 1. The molecule has 12 heteroatoms. The number of amides is 2. The molecule has 0 radical (unpaired) electrons. The number of nitrogens with one attached hydrogen (secondary N) is 1. The molecule has 43 heavy (non-hydrogen) atoms. The van der Waals surface area contributed by atoms with Gasteiger partial charge in [-0.25, -0.2) is 8.42 Å². The van der Waals surface area contributed by atoms with Gasteiger partial charge in [0.2, 0.25) is 21.8 Å². The number of non-ortho nitro benzene ring substituents is 1. The van der Waals surface area contributed by atoms with Crippen LogP contribution < -0.4 is 14.4 Å². The maximum Gasteiger partial charge on any atom is 0.271 e. The van der Waals surface area contributed by atoms with Gasteiger partial charge in [0.15, 0.2) is 0 Å². The standard InChI is InChI=1S/C31H38N4O7S/c1-22-11-10-14-24(17-22)20-33(27(30(37)32-31(2,3)4)18-23-12-8-7-9-13-23)29(36)21-34(43(6,40)41)26-19-25(35(38)39)15-16-28(26)42-5/h7-17,19,27H,18,20-21H2,1-6H3,(H,32,37)/t27-/m0/s1. The fourth-order valence-electron chi connectivity index (χ4n) is 4.60. The van der Waals surface area contributed by atoms with Crippen molar-refractivity contribution >= 4 is 33.2 Å². The molecular weight excluding hydrogens is 572 g/mol.